The smallest absolute Gasteiger partial charge is 0.222 e. The van der Waals surface area contributed by atoms with Gasteiger partial charge >= 0.3 is 0 Å². The van der Waals surface area contributed by atoms with Crippen molar-refractivity contribution in [1.82, 2.24) is 10.1 Å². The summed E-state index contributed by atoms with van der Waals surface area (Å²) in [4.78, 5) is 12.0. The molecular formula is C24H36ClN3O2. The lowest BCUT2D eigenvalue weighted by molar-refractivity contribution is -0.106. The highest BCUT2D eigenvalue weighted by Crippen LogP contribution is 2.28. The van der Waals surface area contributed by atoms with E-state index in [2.05, 4.69) is 37.0 Å². The maximum Gasteiger partial charge on any atom is 0.222 e. The summed E-state index contributed by atoms with van der Waals surface area (Å²) in [5.41, 5.74) is 8.91. The standard InChI is InChI=1S/C13H24N2O.C9H8ClN.C2H4O/c1-4-6-11(8-7-10(3)5-2)12-9-13(14)16-15-12;1-6-4-7-5-8(10)2-3-9(7)11-6;1-2-3/h9-11H,4-8,14H2,1-3H3;2-5,11H,1H3;2H,1H3. The fourth-order valence-electron chi connectivity index (χ4n) is 3.22. The molecule has 3 rings (SSSR count). The molecule has 30 heavy (non-hydrogen) atoms. The Balaban J connectivity index is 0.000000277. The molecule has 6 heteroatoms. The van der Waals surface area contributed by atoms with E-state index in [4.69, 9.17) is 26.7 Å². The summed E-state index contributed by atoms with van der Waals surface area (Å²) in [6, 6.07) is 9.79. The van der Waals surface area contributed by atoms with Crippen molar-refractivity contribution in [2.75, 3.05) is 5.73 Å². The Kier molecular flexibility index (Phi) is 11.9. The molecule has 3 N–H and O–H groups in total. The number of carbonyl (C=O) groups excluding carboxylic acids is 1. The van der Waals surface area contributed by atoms with E-state index in [0.29, 0.717) is 11.8 Å². The molecule has 0 radical (unpaired) electrons. The molecule has 5 nitrogen and oxygen atoms in total. The Hall–Kier alpha value is -2.27. The number of nitrogens with one attached hydrogen (secondary N) is 1. The van der Waals surface area contributed by atoms with Crippen LogP contribution in [0.1, 0.15) is 77.1 Å². The van der Waals surface area contributed by atoms with Gasteiger partial charge in [-0.2, -0.15) is 0 Å². The molecule has 1 aromatic carbocycles. The number of anilines is 1. The highest BCUT2D eigenvalue weighted by atomic mass is 35.5. The molecule has 0 aliphatic carbocycles. The maximum absolute atomic E-state index is 8.81. The number of halogens is 1. The van der Waals surface area contributed by atoms with E-state index in [1.54, 1.807) is 0 Å². The molecule has 0 spiro atoms. The number of hydrogen-bond donors (Lipinski definition) is 2. The molecule has 0 saturated heterocycles. The zero-order valence-corrected chi connectivity index (χ0v) is 19.6. The van der Waals surface area contributed by atoms with Gasteiger partial charge in [0, 0.05) is 33.6 Å². The highest BCUT2D eigenvalue weighted by molar-refractivity contribution is 6.31. The van der Waals surface area contributed by atoms with E-state index < -0.39 is 0 Å². The fourth-order valence-corrected chi connectivity index (χ4v) is 3.40. The van der Waals surface area contributed by atoms with Crippen LogP contribution in [0.15, 0.2) is 34.9 Å². The second-order valence-corrected chi connectivity index (χ2v) is 8.09. The molecule has 2 atom stereocenters. The third-order valence-corrected chi connectivity index (χ3v) is 5.26. The Morgan fingerprint density at radius 3 is 2.47 bits per heavy atom. The van der Waals surface area contributed by atoms with Crippen LogP contribution >= 0.6 is 11.6 Å². The zero-order chi connectivity index (χ0) is 22.5. The highest BCUT2D eigenvalue weighted by Gasteiger charge is 2.16. The van der Waals surface area contributed by atoms with Crippen molar-refractivity contribution in [2.45, 2.75) is 72.6 Å². The number of aromatic amines is 1. The van der Waals surface area contributed by atoms with Gasteiger partial charge in [0.05, 0.1) is 5.69 Å². The van der Waals surface area contributed by atoms with Crippen LogP contribution in [0.3, 0.4) is 0 Å². The summed E-state index contributed by atoms with van der Waals surface area (Å²) in [5, 5.41) is 6.00. The first-order chi connectivity index (χ1) is 14.3. The number of rotatable bonds is 7. The van der Waals surface area contributed by atoms with E-state index in [1.807, 2.05) is 31.2 Å². The van der Waals surface area contributed by atoms with Crippen molar-refractivity contribution >= 4 is 34.7 Å². The van der Waals surface area contributed by atoms with Crippen LogP contribution in [0.5, 0.6) is 0 Å². The number of hydrogen-bond acceptors (Lipinski definition) is 4. The Morgan fingerprint density at radius 1 is 1.20 bits per heavy atom. The molecule has 0 bridgehead atoms. The van der Waals surface area contributed by atoms with Gasteiger partial charge in [-0.15, -0.1) is 0 Å². The van der Waals surface area contributed by atoms with Crippen LogP contribution in [0.2, 0.25) is 5.02 Å². The van der Waals surface area contributed by atoms with Gasteiger partial charge < -0.3 is 20.0 Å². The fraction of sp³-hybridized carbons (Fsp3) is 0.500. The minimum atomic E-state index is 0.430. The number of aryl methyl sites for hydroxylation is 1. The molecule has 0 fully saturated rings. The lowest BCUT2D eigenvalue weighted by atomic mass is 9.90. The topological polar surface area (TPSA) is 84.9 Å². The van der Waals surface area contributed by atoms with Gasteiger partial charge in [0.2, 0.25) is 5.88 Å². The SMILES string of the molecule is CC=O.CCCC(CCC(C)CC)c1cc(N)on1.Cc1cc2cc(Cl)ccc2[nH]1. The molecule has 0 aliphatic rings. The normalized spacial score (nSPS) is 12.3. The number of nitrogens with zero attached hydrogens (tertiary/aromatic N) is 1. The number of fused-ring (bicyclic) bond motifs is 1. The lowest BCUT2D eigenvalue weighted by Gasteiger charge is -2.15. The van der Waals surface area contributed by atoms with Gasteiger partial charge in [-0.05, 0) is 56.9 Å². The molecular weight excluding hydrogens is 398 g/mol. The third kappa shape index (κ3) is 9.04. The minimum absolute atomic E-state index is 0.430. The number of aromatic nitrogens is 2. The number of benzene rings is 1. The quantitative estimate of drug-likeness (QED) is 0.382. The molecule has 2 heterocycles. The lowest BCUT2D eigenvalue weighted by Crippen LogP contribution is -2.02. The number of H-pyrrole nitrogens is 1. The summed E-state index contributed by atoms with van der Waals surface area (Å²) in [6.45, 7) is 10.2. The molecule has 3 aromatic rings. The van der Waals surface area contributed by atoms with Crippen LogP contribution < -0.4 is 5.73 Å². The van der Waals surface area contributed by atoms with Crippen molar-refractivity contribution < 1.29 is 9.32 Å². The molecule has 2 aromatic heterocycles. The molecule has 0 aliphatic heterocycles. The number of nitrogen functional groups attached to an aromatic ring is 1. The molecule has 0 saturated carbocycles. The van der Waals surface area contributed by atoms with Gasteiger partial charge in [0.1, 0.15) is 6.29 Å². The predicted molar refractivity (Wildman–Crippen MR) is 127 cm³/mol. The van der Waals surface area contributed by atoms with Gasteiger partial charge in [-0.1, -0.05) is 56.8 Å². The average molecular weight is 434 g/mol. The van der Waals surface area contributed by atoms with Crippen LogP contribution in [-0.4, -0.2) is 16.4 Å². The second kappa shape index (κ2) is 13.9. The van der Waals surface area contributed by atoms with E-state index >= 15 is 0 Å². The van der Waals surface area contributed by atoms with Crippen molar-refractivity contribution in [3.63, 3.8) is 0 Å². The van der Waals surface area contributed by atoms with Gasteiger partial charge in [-0.25, -0.2) is 0 Å². The Morgan fingerprint density at radius 2 is 1.90 bits per heavy atom. The van der Waals surface area contributed by atoms with Crippen LogP contribution in [0.4, 0.5) is 5.88 Å². The summed E-state index contributed by atoms with van der Waals surface area (Å²) < 4.78 is 4.95. The van der Waals surface area contributed by atoms with E-state index in [9.17, 15) is 0 Å². The minimum Gasteiger partial charge on any atom is -0.368 e. The molecule has 0 amide bonds. The van der Waals surface area contributed by atoms with E-state index in [1.165, 1.54) is 50.1 Å². The molecule has 166 valence electrons. The first-order valence-corrected chi connectivity index (χ1v) is 11.1. The average Bonchev–Trinajstić information content (AvgIpc) is 3.30. The van der Waals surface area contributed by atoms with Crippen molar-refractivity contribution in [3.05, 3.63) is 46.7 Å². The summed E-state index contributed by atoms with van der Waals surface area (Å²) in [6.07, 6.45) is 6.79. The van der Waals surface area contributed by atoms with E-state index in [-0.39, 0.29) is 0 Å². The van der Waals surface area contributed by atoms with Crippen molar-refractivity contribution in [1.29, 1.82) is 0 Å². The van der Waals surface area contributed by atoms with Crippen LogP contribution in [-0.2, 0) is 4.79 Å². The number of aldehydes is 1. The van der Waals surface area contributed by atoms with Crippen LogP contribution in [0, 0.1) is 12.8 Å². The summed E-state index contributed by atoms with van der Waals surface area (Å²) in [7, 11) is 0. The predicted octanol–water partition coefficient (Wildman–Crippen LogP) is 7.30. The monoisotopic (exact) mass is 433 g/mol. The Bertz CT molecular complexity index is 872. The molecule has 2 unspecified atom stereocenters. The second-order valence-electron chi connectivity index (χ2n) is 7.65. The number of nitrogens with two attached hydrogens (primary N) is 1. The first-order valence-electron chi connectivity index (χ1n) is 10.7. The summed E-state index contributed by atoms with van der Waals surface area (Å²) in [5.74, 6) is 1.74. The van der Waals surface area contributed by atoms with Gasteiger partial charge in [0.15, 0.2) is 0 Å². The van der Waals surface area contributed by atoms with Gasteiger partial charge in [-0.3, -0.25) is 0 Å². The maximum atomic E-state index is 8.81. The summed E-state index contributed by atoms with van der Waals surface area (Å²) >= 11 is 5.81. The first kappa shape index (κ1) is 25.8. The van der Waals surface area contributed by atoms with Crippen molar-refractivity contribution in [3.8, 4) is 0 Å². The third-order valence-electron chi connectivity index (χ3n) is 5.02. The van der Waals surface area contributed by atoms with Crippen molar-refractivity contribution in [2.24, 2.45) is 5.92 Å². The van der Waals surface area contributed by atoms with Crippen LogP contribution in [0.25, 0.3) is 10.9 Å². The van der Waals surface area contributed by atoms with Gasteiger partial charge in [0.25, 0.3) is 0 Å². The largest absolute Gasteiger partial charge is 0.368 e. The zero-order valence-electron chi connectivity index (χ0n) is 18.9. The number of carbonyl (C=O) groups is 1. The Labute approximate surface area is 185 Å². The van der Waals surface area contributed by atoms with E-state index in [0.717, 1.165) is 28.4 Å².